The van der Waals surface area contributed by atoms with E-state index < -0.39 is 0 Å². The maximum Gasteiger partial charge on any atom is 0.260 e. The molecule has 28 heavy (non-hydrogen) atoms. The van der Waals surface area contributed by atoms with E-state index in [0.717, 1.165) is 30.2 Å². The molecule has 4 rings (SSSR count). The number of amides is 1. The van der Waals surface area contributed by atoms with Gasteiger partial charge in [-0.05, 0) is 24.3 Å². The van der Waals surface area contributed by atoms with Crippen molar-refractivity contribution in [2.75, 3.05) is 39.9 Å². The summed E-state index contributed by atoms with van der Waals surface area (Å²) in [6.07, 6.45) is 0. The van der Waals surface area contributed by atoms with Gasteiger partial charge in [-0.2, -0.15) is 0 Å². The van der Waals surface area contributed by atoms with Gasteiger partial charge in [-0.1, -0.05) is 24.3 Å². The first-order valence-corrected chi connectivity index (χ1v) is 10.1. The number of hydrogen-bond acceptors (Lipinski definition) is 6. The highest BCUT2D eigenvalue weighted by Crippen LogP contribution is 2.26. The second kappa shape index (κ2) is 8.58. The lowest BCUT2D eigenvalue weighted by molar-refractivity contribution is -0.135. The molecular weight excluding hydrogens is 374 g/mol. The van der Waals surface area contributed by atoms with Crippen molar-refractivity contribution in [1.29, 1.82) is 0 Å². The van der Waals surface area contributed by atoms with E-state index in [1.54, 1.807) is 18.4 Å². The first-order valence-electron chi connectivity index (χ1n) is 9.33. The van der Waals surface area contributed by atoms with E-state index in [9.17, 15) is 4.79 Å². The monoisotopic (exact) mass is 397 g/mol. The van der Waals surface area contributed by atoms with E-state index in [1.807, 2.05) is 47.4 Å². The average Bonchev–Trinajstić information content (AvgIpc) is 3.15. The van der Waals surface area contributed by atoms with Crippen molar-refractivity contribution < 1.29 is 14.3 Å². The van der Waals surface area contributed by atoms with Crippen molar-refractivity contribution in [1.82, 2.24) is 14.8 Å². The highest BCUT2D eigenvalue weighted by atomic mass is 32.1. The maximum atomic E-state index is 12.5. The molecule has 7 heteroatoms. The molecule has 1 aliphatic heterocycles. The molecule has 2 aromatic carbocycles. The van der Waals surface area contributed by atoms with Crippen LogP contribution in [0.4, 0.5) is 0 Å². The summed E-state index contributed by atoms with van der Waals surface area (Å²) in [6.45, 7) is 3.96. The molecule has 0 radical (unpaired) electrons. The third kappa shape index (κ3) is 4.26. The first-order chi connectivity index (χ1) is 13.7. The third-order valence-corrected chi connectivity index (χ3v) is 5.86. The fourth-order valence-electron chi connectivity index (χ4n) is 3.30. The van der Waals surface area contributed by atoms with Crippen LogP contribution in [-0.4, -0.2) is 60.6 Å². The van der Waals surface area contributed by atoms with Crippen molar-refractivity contribution in [3.05, 3.63) is 53.5 Å². The fraction of sp³-hybridized carbons (Fsp3) is 0.333. The van der Waals surface area contributed by atoms with Crippen LogP contribution in [0, 0.1) is 0 Å². The number of nitrogens with zero attached hydrogens (tertiary/aromatic N) is 3. The van der Waals surface area contributed by atoms with Crippen LogP contribution in [0.3, 0.4) is 0 Å². The number of rotatable bonds is 6. The molecule has 0 unspecified atom stereocenters. The Morgan fingerprint density at radius 1 is 1.04 bits per heavy atom. The molecule has 146 valence electrons. The quantitative estimate of drug-likeness (QED) is 0.640. The van der Waals surface area contributed by atoms with Crippen LogP contribution in [0.5, 0.6) is 11.5 Å². The number of fused-ring (bicyclic) bond motifs is 1. The van der Waals surface area contributed by atoms with Crippen molar-refractivity contribution >= 4 is 27.5 Å². The van der Waals surface area contributed by atoms with Gasteiger partial charge in [0.1, 0.15) is 5.01 Å². The predicted molar refractivity (Wildman–Crippen MR) is 110 cm³/mol. The second-order valence-electron chi connectivity index (χ2n) is 6.67. The normalized spacial score (nSPS) is 15.0. The van der Waals surface area contributed by atoms with E-state index in [2.05, 4.69) is 11.0 Å². The van der Waals surface area contributed by atoms with E-state index in [1.165, 1.54) is 4.70 Å². The Hall–Kier alpha value is -2.64. The lowest BCUT2D eigenvalue weighted by atomic mass is 10.3. The minimum Gasteiger partial charge on any atom is -0.493 e. The molecule has 1 aromatic heterocycles. The molecule has 1 amide bonds. The summed E-state index contributed by atoms with van der Waals surface area (Å²) < 4.78 is 12.1. The minimum atomic E-state index is 0.00513. The number of para-hydroxylation sites is 3. The Morgan fingerprint density at radius 3 is 2.50 bits per heavy atom. The van der Waals surface area contributed by atoms with Gasteiger partial charge in [-0.25, -0.2) is 4.98 Å². The largest absolute Gasteiger partial charge is 0.493 e. The van der Waals surface area contributed by atoms with E-state index in [-0.39, 0.29) is 12.5 Å². The van der Waals surface area contributed by atoms with Gasteiger partial charge in [0.25, 0.3) is 5.91 Å². The lowest BCUT2D eigenvalue weighted by Gasteiger charge is -2.34. The Kier molecular flexibility index (Phi) is 5.73. The molecule has 0 saturated carbocycles. The molecular formula is C21H23N3O3S. The average molecular weight is 398 g/mol. The Morgan fingerprint density at radius 2 is 1.75 bits per heavy atom. The van der Waals surface area contributed by atoms with Crippen molar-refractivity contribution in [3.8, 4) is 11.5 Å². The van der Waals surface area contributed by atoms with Crippen LogP contribution >= 0.6 is 11.3 Å². The Bertz CT molecular complexity index is 918. The summed E-state index contributed by atoms with van der Waals surface area (Å²) in [5.41, 5.74) is 1.06. The number of aromatic nitrogens is 1. The zero-order valence-corrected chi connectivity index (χ0v) is 16.7. The van der Waals surface area contributed by atoms with Gasteiger partial charge >= 0.3 is 0 Å². The zero-order valence-electron chi connectivity index (χ0n) is 15.8. The lowest BCUT2D eigenvalue weighted by Crippen LogP contribution is -2.49. The molecule has 0 spiro atoms. The van der Waals surface area contributed by atoms with Crippen molar-refractivity contribution in [2.24, 2.45) is 0 Å². The second-order valence-corrected chi connectivity index (χ2v) is 7.79. The van der Waals surface area contributed by atoms with Crippen LogP contribution in [0.15, 0.2) is 48.5 Å². The number of benzene rings is 2. The standard InChI is InChI=1S/C21H23N3O3S/c1-26-17-7-3-4-8-18(17)27-15-21(25)24-12-10-23(11-13-24)14-20-22-16-6-2-5-9-19(16)28-20/h2-9H,10-15H2,1H3. The SMILES string of the molecule is COc1ccccc1OCC(=O)N1CCN(Cc2nc3ccccc3s2)CC1. The molecule has 0 bridgehead atoms. The van der Waals surface area contributed by atoms with Crippen LogP contribution in [0.1, 0.15) is 5.01 Å². The topological polar surface area (TPSA) is 54.9 Å². The van der Waals surface area contributed by atoms with Gasteiger partial charge in [-0.15, -0.1) is 11.3 Å². The summed E-state index contributed by atoms with van der Waals surface area (Å²) in [6, 6.07) is 15.6. The molecule has 1 fully saturated rings. The van der Waals surface area contributed by atoms with Gasteiger partial charge in [-0.3, -0.25) is 9.69 Å². The van der Waals surface area contributed by atoms with Gasteiger partial charge in [0, 0.05) is 26.2 Å². The Labute approximate surface area is 168 Å². The maximum absolute atomic E-state index is 12.5. The fourth-order valence-corrected chi connectivity index (χ4v) is 4.31. The summed E-state index contributed by atoms with van der Waals surface area (Å²) in [7, 11) is 1.59. The van der Waals surface area contributed by atoms with E-state index in [4.69, 9.17) is 14.5 Å². The molecule has 0 atom stereocenters. The first kappa shape index (κ1) is 18.7. The smallest absolute Gasteiger partial charge is 0.260 e. The van der Waals surface area contributed by atoms with Gasteiger partial charge in [0.15, 0.2) is 18.1 Å². The van der Waals surface area contributed by atoms with Gasteiger partial charge < -0.3 is 14.4 Å². The molecule has 2 heterocycles. The van der Waals surface area contributed by atoms with Crippen molar-refractivity contribution in [3.63, 3.8) is 0 Å². The van der Waals surface area contributed by atoms with Crippen LogP contribution in [0.25, 0.3) is 10.2 Å². The van der Waals surface area contributed by atoms with E-state index in [0.29, 0.717) is 24.6 Å². The van der Waals surface area contributed by atoms with Gasteiger partial charge in [0.05, 0.1) is 23.9 Å². The van der Waals surface area contributed by atoms with E-state index >= 15 is 0 Å². The number of carbonyl (C=O) groups is 1. The summed E-state index contributed by atoms with van der Waals surface area (Å²) in [5, 5.41) is 1.13. The minimum absolute atomic E-state index is 0.00513. The predicted octanol–water partition coefficient (Wildman–Crippen LogP) is 3.03. The molecule has 0 aliphatic carbocycles. The Balaban J connectivity index is 1.27. The van der Waals surface area contributed by atoms with Crippen molar-refractivity contribution in [2.45, 2.75) is 6.54 Å². The summed E-state index contributed by atoms with van der Waals surface area (Å²) in [4.78, 5) is 21.4. The molecule has 3 aromatic rings. The summed E-state index contributed by atoms with van der Waals surface area (Å²) >= 11 is 1.74. The molecule has 6 nitrogen and oxygen atoms in total. The number of carbonyl (C=O) groups excluding carboxylic acids is 1. The highest BCUT2D eigenvalue weighted by Gasteiger charge is 2.22. The number of piperazine rings is 1. The molecule has 0 N–H and O–H groups in total. The third-order valence-electron chi connectivity index (χ3n) is 4.84. The number of ether oxygens (including phenoxy) is 2. The zero-order chi connectivity index (χ0) is 19.3. The number of hydrogen-bond donors (Lipinski definition) is 0. The van der Waals surface area contributed by atoms with Crippen LogP contribution < -0.4 is 9.47 Å². The molecule has 1 aliphatic rings. The highest BCUT2D eigenvalue weighted by molar-refractivity contribution is 7.18. The molecule has 1 saturated heterocycles. The summed E-state index contributed by atoms with van der Waals surface area (Å²) in [5.74, 6) is 1.23. The van der Waals surface area contributed by atoms with Gasteiger partial charge in [0.2, 0.25) is 0 Å². The number of methoxy groups -OCH3 is 1. The van der Waals surface area contributed by atoms with Crippen LogP contribution in [-0.2, 0) is 11.3 Å². The number of thiazole rings is 1. The van der Waals surface area contributed by atoms with Crippen LogP contribution in [0.2, 0.25) is 0 Å².